The average Bonchev–Trinajstić information content (AvgIpc) is 3.51. The van der Waals surface area contributed by atoms with Crippen molar-refractivity contribution in [2.24, 2.45) is 0 Å². The van der Waals surface area contributed by atoms with Gasteiger partial charge >= 0.3 is 0 Å². The number of ketones is 1. The van der Waals surface area contributed by atoms with Crippen LogP contribution in [0.15, 0.2) is 53.9 Å². The number of carbonyl (C=O) groups excluding carboxylic acids is 1. The molecule has 6 heteroatoms. The summed E-state index contributed by atoms with van der Waals surface area (Å²) in [5, 5.41) is 9.55. The first kappa shape index (κ1) is 18.9. The number of nitrogens with zero attached hydrogens (tertiary/aromatic N) is 4. The molecule has 5 nitrogen and oxygen atoms in total. The van der Waals surface area contributed by atoms with E-state index >= 15 is 0 Å². The van der Waals surface area contributed by atoms with Crippen molar-refractivity contribution in [3.05, 3.63) is 59.9 Å². The zero-order valence-corrected chi connectivity index (χ0v) is 17.0. The fourth-order valence-corrected chi connectivity index (χ4v) is 4.08. The first-order chi connectivity index (χ1) is 13.7. The summed E-state index contributed by atoms with van der Waals surface area (Å²) in [6.45, 7) is 4.38. The molecule has 28 heavy (non-hydrogen) atoms. The lowest BCUT2D eigenvalue weighted by Crippen LogP contribution is -2.05. The van der Waals surface area contributed by atoms with Crippen molar-refractivity contribution >= 4 is 17.5 Å². The zero-order chi connectivity index (χ0) is 19.5. The van der Waals surface area contributed by atoms with Gasteiger partial charge in [-0.15, -0.1) is 10.2 Å². The van der Waals surface area contributed by atoms with E-state index in [4.69, 9.17) is 0 Å². The monoisotopic (exact) mass is 392 g/mol. The largest absolute Gasteiger partial charge is 0.299 e. The number of aromatic nitrogens is 4. The Labute approximate surface area is 169 Å². The number of pyridine rings is 1. The van der Waals surface area contributed by atoms with Gasteiger partial charge in [-0.1, -0.05) is 49.9 Å². The maximum atomic E-state index is 12.7. The third kappa shape index (κ3) is 4.02. The van der Waals surface area contributed by atoms with Gasteiger partial charge in [-0.3, -0.25) is 14.3 Å². The molecule has 0 aliphatic heterocycles. The minimum absolute atomic E-state index is 0.119. The Kier molecular flexibility index (Phi) is 5.57. The Balaban J connectivity index is 1.48. The molecule has 3 aromatic rings. The highest BCUT2D eigenvalue weighted by atomic mass is 32.2. The second-order valence-electron chi connectivity index (χ2n) is 7.29. The predicted octanol–water partition coefficient (Wildman–Crippen LogP) is 5.16. The first-order valence-corrected chi connectivity index (χ1v) is 10.8. The molecule has 4 rings (SSSR count). The number of carbonyl (C=O) groups is 1. The van der Waals surface area contributed by atoms with Gasteiger partial charge in [0.25, 0.3) is 0 Å². The van der Waals surface area contributed by atoms with Crippen molar-refractivity contribution in [2.75, 3.05) is 5.75 Å². The van der Waals surface area contributed by atoms with Gasteiger partial charge in [0.2, 0.25) is 0 Å². The second kappa shape index (κ2) is 8.27. The molecule has 1 aromatic carbocycles. The van der Waals surface area contributed by atoms with Crippen LogP contribution in [-0.4, -0.2) is 31.3 Å². The zero-order valence-electron chi connectivity index (χ0n) is 16.2. The SMILES string of the molecule is CC[C@@H](C)c1ccc(C(=O)CSc2nnc(-c3cccnc3)n2C2CC2)cc1. The van der Waals surface area contributed by atoms with E-state index in [0.717, 1.165) is 41.4 Å². The lowest BCUT2D eigenvalue weighted by Gasteiger charge is -2.10. The van der Waals surface area contributed by atoms with E-state index in [1.54, 1.807) is 12.4 Å². The van der Waals surface area contributed by atoms with Gasteiger partial charge in [0, 0.05) is 29.6 Å². The highest BCUT2D eigenvalue weighted by Crippen LogP contribution is 2.41. The third-order valence-corrected chi connectivity index (χ3v) is 6.19. The second-order valence-corrected chi connectivity index (χ2v) is 8.23. The molecule has 1 atom stereocenters. The Hall–Kier alpha value is -2.47. The van der Waals surface area contributed by atoms with Crippen LogP contribution in [0.3, 0.4) is 0 Å². The summed E-state index contributed by atoms with van der Waals surface area (Å²) in [6, 6.07) is 12.3. The number of hydrogen-bond acceptors (Lipinski definition) is 5. The van der Waals surface area contributed by atoms with Crippen molar-refractivity contribution in [3.63, 3.8) is 0 Å². The molecule has 0 spiro atoms. The van der Waals surface area contributed by atoms with Crippen LogP contribution in [0.1, 0.15) is 61.0 Å². The lowest BCUT2D eigenvalue weighted by atomic mass is 9.97. The van der Waals surface area contributed by atoms with Gasteiger partial charge in [0.05, 0.1) is 5.75 Å². The van der Waals surface area contributed by atoms with E-state index in [2.05, 4.69) is 45.7 Å². The van der Waals surface area contributed by atoms with E-state index in [9.17, 15) is 4.79 Å². The molecule has 0 radical (unpaired) electrons. The van der Waals surface area contributed by atoms with Crippen molar-refractivity contribution in [1.82, 2.24) is 19.7 Å². The summed E-state index contributed by atoms with van der Waals surface area (Å²) in [5.41, 5.74) is 2.99. The van der Waals surface area contributed by atoms with Crippen molar-refractivity contribution in [2.45, 2.75) is 50.2 Å². The van der Waals surface area contributed by atoms with Gasteiger partial charge in [-0.05, 0) is 42.9 Å². The first-order valence-electron chi connectivity index (χ1n) is 9.78. The molecule has 0 amide bonds. The highest BCUT2D eigenvalue weighted by molar-refractivity contribution is 7.99. The van der Waals surface area contributed by atoms with E-state index < -0.39 is 0 Å². The van der Waals surface area contributed by atoms with Crippen molar-refractivity contribution in [1.29, 1.82) is 0 Å². The summed E-state index contributed by atoms with van der Waals surface area (Å²) < 4.78 is 2.17. The summed E-state index contributed by atoms with van der Waals surface area (Å²) >= 11 is 1.47. The molecule has 0 unspecified atom stereocenters. The molecule has 2 heterocycles. The molecule has 1 aliphatic carbocycles. The van der Waals surface area contributed by atoms with E-state index in [1.807, 2.05) is 24.3 Å². The molecule has 2 aromatic heterocycles. The lowest BCUT2D eigenvalue weighted by molar-refractivity contribution is 0.102. The van der Waals surface area contributed by atoms with Crippen molar-refractivity contribution < 1.29 is 4.79 Å². The molecule has 1 fully saturated rings. The number of hydrogen-bond donors (Lipinski definition) is 0. The van der Waals surface area contributed by atoms with Gasteiger partial charge < -0.3 is 0 Å². The summed E-state index contributed by atoms with van der Waals surface area (Å²) in [5.74, 6) is 1.83. The fraction of sp³-hybridized carbons (Fsp3) is 0.364. The van der Waals surface area contributed by atoms with Crippen LogP contribution < -0.4 is 0 Å². The Bertz CT molecular complexity index is 948. The Morgan fingerprint density at radius 1 is 1.21 bits per heavy atom. The van der Waals surface area contributed by atoms with Crippen LogP contribution in [0.4, 0.5) is 0 Å². The molecule has 144 valence electrons. The van der Waals surface area contributed by atoms with E-state index in [-0.39, 0.29) is 5.78 Å². The summed E-state index contributed by atoms with van der Waals surface area (Å²) in [7, 11) is 0. The molecular weight excluding hydrogens is 368 g/mol. The van der Waals surface area contributed by atoms with E-state index in [1.165, 1.54) is 17.3 Å². The number of benzene rings is 1. The maximum Gasteiger partial charge on any atom is 0.192 e. The van der Waals surface area contributed by atoms with Crippen LogP contribution >= 0.6 is 11.8 Å². The maximum absolute atomic E-state index is 12.7. The molecule has 1 aliphatic rings. The number of rotatable bonds is 8. The highest BCUT2D eigenvalue weighted by Gasteiger charge is 2.30. The number of thioether (sulfide) groups is 1. The van der Waals surface area contributed by atoms with Crippen LogP contribution in [0, 0.1) is 0 Å². The summed E-state index contributed by atoms with van der Waals surface area (Å²) in [4.78, 5) is 16.8. The van der Waals surface area contributed by atoms with Crippen LogP contribution in [0.25, 0.3) is 11.4 Å². The molecule has 0 N–H and O–H groups in total. The third-order valence-electron chi connectivity index (χ3n) is 5.24. The standard InChI is InChI=1S/C22H24N4OS/c1-3-15(2)16-6-8-17(9-7-16)20(27)14-28-22-25-24-21(26(22)19-10-11-19)18-5-4-12-23-13-18/h4-9,12-13,15,19H,3,10-11,14H2,1-2H3/t15-/m1/s1. The predicted molar refractivity (Wildman–Crippen MR) is 112 cm³/mol. The van der Waals surface area contributed by atoms with Crippen LogP contribution in [-0.2, 0) is 0 Å². The molecule has 1 saturated carbocycles. The Morgan fingerprint density at radius 2 is 2.00 bits per heavy atom. The van der Waals surface area contributed by atoms with Gasteiger partial charge in [-0.25, -0.2) is 0 Å². The van der Waals surface area contributed by atoms with Gasteiger partial charge in [0.15, 0.2) is 16.8 Å². The average molecular weight is 393 g/mol. The molecule has 0 bridgehead atoms. The smallest absolute Gasteiger partial charge is 0.192 e. The van der Waals surface area contributed by atoms with Gasteiger partial charge in [0.1, 0.15) is 0 Å². The van der Waals surface area contributed by atoms with E-state index in [0.29, 0.717) is 17.7 Å². The summed E-state index contributed by atoms with van der Waals surface area (Å²) in [6.07, 6.45) is 6.91. The minimum atomic E-state index is 0.119. The quantitative estimate of drug-likeness (QED) is 0.391. The van der Waals surface area contributed by atoms with Crippen LogP contribution in [0.5, 0.6) is 0 Å². The topological polar surface area (TPSA) is 60.7 Å². The minimum Gasteiger partial charge on any atom is -0.299 e. The molecule has 0 saturated heterocycles. The number of Topliss-reactive ketones (excluding diaryl/α,β-unsaturated/α-hetero) is 1. The Morgan fingerprint density at radius 3 is 2.64 bits per heavy atom. The fourth-order valence-electron chi connectivity index (χ4n) is 3.18. The normalized spacial score (nSPS) is 14.8. The van der Waals surface area contributed by atoms with Crippen LogP contribution in [0.2, 0.25) is 0 Å². The molecular formula is C22H24N4OS. The van der Waals surface area contributed by atoms with Gasteiger partial charge in [-0.2, -0.15) is 0 Å². The van der Waals surface area contributed by atoms with Crippen molar-refractivity contribution in [3.8, 4) is 11.4 Å².